The molecule has 0 amide bonds. The number of hydrogen-bond acceptors (Lipinski definition) is 5. The Hall–Kier alpha value is -3.35. The lowest BCUT2D eigenvalue weighted by Crippen LogP contribution is -2.02. The van der Waals surface area contributed by atoms with Gasteiger partial charge >= 0.3 is 5.97 Å². The summed E-state index contributed by atoms with van der Waals surface area (Å²) in [6.07, 6.45) is 0. The van der Waals surface area contributed by atoms with E-state index in [1.165, 1.54) is 16.8 Å². The molecule has 0 bridgehead atoms. The zero-order valence-corrected chi connectivity index (χ0v) is 11.5. The Morgan fingerprint density at radius 3 is 2.41 bits per heavy atom. The van der Waals surface area contributed by atoms with Crippen LogP contribution in [0.25, 0.3) is 5.69 Å². The molecular formula is C15H13N5O2. The fourth-order valence-corrected chi connectivity index (χ4v) is 1.96. The van der Waals surface area contributed by atoms with Gasteiger partial charge in [-0.15, -0.1) is 5.10 Å². The predicted molar refractivity (Wildman–Crippen MR) is 82.5 cm³/mol. The average Bonchev–Trinajstić information content (AvgIpc) is 2.89. The second-order valence-corrected chi connectivity index (χ2v) is 4.55. The van der Waals surface area contributed by atoms with E-state index in [0.717, 1.165) is 5.69 Å². The predicted octanol–water partition coefficient (Wildman–Crippen LogP) is 2.29. The normalized spacial score (nSPS) is 10.4. The topological polar surface area (TPSA) is 106 Å². The largest absolute Gasteiger partial charge is 0.478 e. The van der Waals surface area contributed by atoms with Crippen molar-refractivity contribution in [1.29, 1.82) is 0 Å². The third-order valence-electron chi connectivity index (χ3n) is 3.02. The molecule has 3 rings (SSSR count). The Labute approximate surface area is 126 Å². The molecule has 2 aromatic carbocycles. The van der Waals surface area contributed by atoms with Crippen LogP contribution in [0.2, 0.25) is 0 Å². The van der Waals surface area contributed by atoms with Crippen LogP contribution in [0.5, 0.6) is 0 Å². The zero-order chi connectivity index (χ0) is 15.5. The van der Waals surface area contributed by atoms with Gasteiger partial charge in [-0.25, -0.2) is 4.79 Å². The van der Waals surface area contributed by atoms with E-state index in [1.807, 2.05) is 30.3 Å². The SMILES string of the molecule is Nc1nc(Nc2ccc(C(=O)O)cc2)nn1-c1ccccc1. The van der Waals surface area contributed by atoms with Gasteiger partial charge in [-0.2, -0.15) is 9.67 Å². The maximum absolute atomic E-state index is 10.8. The summed E-state index contributed by atoms with van der Waals surface area (Å²) in [7, 11) is 0. The van der Waals surface area contributed by atoms with Crippen LogP contribution in [0.3, 0.4) is 0 Å². The van der Waals surface area contributed by atoms with E-state index in [4.69, 9.17) is 10.8 Å². The standard InChI is InChI=1S/C15H13N5O2/c16-14-18-15(19-20(14)12-4-2-1-3-5-12)17-11-8-6-10(7-9-11)13(21)22/h1-9H,(H,21,22)(H3,16,17,18,19). The van der Waals surface area contributed by atoms with E-state index >= 15 is 0 Å². The van der Waals surface area contributed by atoms with Crippen molar-refractivity contribution in [1.82, 2.24) is 14.8 Å². The van der Waals surface area contributed by atoms with E-state index in [2.05, 4.69) is 15.4 Å². The molecule has 22 heavy (non-hydrogen) atoms. The Kier molecular flexibility index (Phi) is 3.45. The highest BCUT2D eigenvalue weighted by atomic mass is 16.4. The highest BCUT2D eigenvalue weighted by Gasteiger charge is 2.09. The van der Waals surface area contributed by atoms with Crippen LogP contribution in [0.1, 0.15) is 10.4 Å². The van der Waals surface area contributed by atoms with Gasteiger partial charge in [-0.3, -0.25) is 0 Å². The average molecular weight is 295 g/mol. The van der Waals surface area contributed by atoms with Gasteiger partial charge in [0.25, 0.3) is 0 Å². The molecule has 0 radical (unpaired) electrons. The fraction of sp³-hybridized carbons (Fsp3) is 0. The van der Waals surface area contributed by atoms with Gasteiger partial charge < -0.3 is 16.2 Å². The minimum Gasteiger partial charge on any atom is -0.478 e. The Morgan fingerprint density at radius 1 is 1.09 bits per heavy atom. The first-order valence-corrected chi connectivity index (χ1v) is 6.52. The summed E-state index contributed by atoms with van der Waals surface area (Å²) < 4.78 is 1.52. The van der Waals surface area contributed by atoms with Crippen molar-refractivity contribution in [2.75, 3.05) is 11.1 Å². The highest BCUT2D eigenvalue weighted by Crippen LogP contribution is 2.17. The lowest BCUT2D eigenvalue weighted by molar-refractivity contribution is 0.0697. The first kappa shape index (κ1) is 13.6. The second-order valence-electron chi connectivity index (χ2n) is 4.55. The monoisotopic (exact) mass is 295 g/mol. The van der Waals surface area contributed by atoms with Gasteiger partial charge in [0.15, 0.2) is 0 Å². The summed E-state index contributed by atoms with van der Waals surface area (Å²) >= 11 is 0. The number of nitrogen functional groups attached to an aromatic ring is 1. The number of para-hydroxylation sites is 1. The number of carbonyl (C=O) groups is 1. The van der Waals surface area contributed by atoms with Crippen molar-refractivity contribution < 1.29 is 9.90 Å². The summed E-state index contributed by atoms with van der Waals surface area (Å²) in [5.41, 5.74) is 7.56. The van der Waals surface area contributed by atoms with Crippen LogP contribution in [0.15, 0.2) is 54.6 Å². The van der Waals surface area contributed by atoms with Gasteiger partial charge in [0.2, 0.25) is 11.9 Å². The van der Waals surface area contributed by atoms with Gasteiger partial charge in [-0.05, 0) is 36.4 Å². The number of anilines is 3. The minimum atomic E-state index is -0.970. The lowest BCUT2D eigenvalue weighted by Gasteiger charge is -2.02. The Balaban J connectivity index is 1.83. The summed E-state index contributed by atoms with van der Waals surface area (Å²) in [5.74, 6) is -0.373. The van der Waals surface area contributed by atoms with Crippen LogP contribution in [-0.2, 0) is 0 Å². The van der Waals surface area contributed by atoms with Gasteiger partial charge in [0.05, 0.1) is 11.3 Å². The van der Waals surface area contributed by atoms with Gasteiger partial charge in [-0.1, -0.05) is 18.2 Å². The van der Waals surface area contributed by atoms with Gasteiger partial charge in [0, 0.05) is 5.69 Å². The zero-order valence-electron chi connectivity index (χ0n) is 11.5. The van der Waals surface area contributed by atoms with Crippen molar-refractivity contribution in [2.24, 2.45) is 0 Å². The molecular weight excluding hydrogens is 282 g/mol. The Bertz CT molecular complexity index is 797. The molecule has 1 heterocycles. The summed E-state index contributed by atoms with van der Waals surface area (Å²) in [6, 6.07) is 15.7. The Morgan fingerprint density at radius 2 is 1.77 bits per heavy atom. The molecule has 0 aliphatic heterocycles. The third kappa shape index (κ3) is 2.73. The number of carboxylic acids is 1. The van der Waals surface area contributed by atoms with Crippen LogP contribution in [0, 0.1) is 0 Å². The summed E-state index contributed by atoms with van der Waals surface area (Å²) in [4.78, 5) is 15.0. The molecule has 4 N–H and O–H groups in total. The molecule has 0 aliphatic carbocycles. The maximum atomic E-state index is 10.8. The first-order valence-electron chi connectivity index (χ1n) is 6.52. The lowest BCUT2D eigenvalue weighted by atomic mass is 10.2. The molecule has 3 aromatic rings. The van der Waals surface area contributed by atoms with Gasteiger partial charge in [0.1, 0.15) is 0 Å². The van der Waals surface area contributed by atoms with Crippen LogP contribution < -0.4 is 11.1 Å². The van der Waals surface area contributed by atoms with E-state index in [0.29, 0.717) is 11.6 Å². The maximum Gasteiger partial charge on any atom is 0.335 e. The second kappa shape index (κ2) is 5.57. The van der Waals surface area contributed by atoms with Crippen LogP contribution in [-0.4, -0.2) is 25.8 Å². The van der Waals surface area contributed by atoms with Crippen molar-refractivity contribution in [3.63, 3.8) is 0 Å². The number of nitrogens with zero attached hydrogens (tertiary/aromatic N) is 3. The minimum absolute atomic E-state index is 0.216. The summed E-state index contributed by atoms with van der Waals surface area (Å²) in [6.45, 7) is 0. The number of carboxylic acid groups (broad SMARTS) is 1. The molecule has 0 atom stereocenters. The van der Waals surface area contributed by atoms with E-state index in [-0.39, 0.29) is 11.5 Å². The van der Waals surface area contributed by atoms with Crippen molar-refractivity contribution in [2.45, 2.75) is 0 Å². The molecule has 7 nitrogen and oxygen atoms in total. The molecule has 0 spiro atoms. The third-order valence-corrected chi connectivity index (χ3v) is 3.02. The molecule has 1 aromatic heterocycles. The number of aromatic nitrogens is 3. The van der Waals surface area contributed by atoms with Crippen LogP contribution in [0.4, 0.5) is 17.6 Å². The molecule has 0 unspecified atom stereocenters. The van der Waals surface area contributed by atoms with Crippen molar-refractivity contribution in [3.8, 4) is 5.69 Å². The fourth-order valence-electron chi connectivity index (χ4n) is 1.96. The first-order chi connectivity index (χ1) is 10.6. The molecule has 0 saturated heterocycles. The molecule has 110 valence electrons. The number of hydrogen-bond donors (Lipinski definition) is 3. The van der Waals surface area contributed by atoms with Crippen molar-refractivity contribution >= 4 is 23.6 Å². The van der Waals surface area contributed by atoms with E-state index in [9.17, 15) is 4.79 Å². The van der Waals surface area contributed by atoms with E-state index < -0.39 is 5.97 Å². The molecule has 7 heteroatoms. The molecule has 0 saturated carbocycles. The number of benzene rings is 2. The number of aromatic carboxylic acids is 1. The quantitative estimate of drug-likeness (QED) is 0.682. The van der Waals surface area contributed by atoms with Crippen LogP contribution >= 0.6 is 0 Å². The molecule has 0 aliphatic rings. The smallest absolute Gasteiger partial charge is 0.335 e. The number of nitrogens with two attached hydrogens (primary N) is 1. The molecule has 0 fully saturated rings. The van der Waals surface area contributed by atoms with Crippen molar-refractivity contribution in [3.05, 3.63) is 60.2 Å². The number of nitrogens with one attached hydrogen (secondary N) is 1. The number of rotatable bonds is 4. The highest BCUT2D eigenvalue weighted by molar-refractivity contribution is 5.88. The van der Waals surface area contributed by atoms with E-state index in [1.54, 1.807) is 12.1 Å². The summed E-state index contributed by atoms with van der Waals surface area (Å²) in [5, 5.41) is 16.1.